The van der Waals surface area contributed by atoms with Gasteiger partial charge in [0.1, 0.15) is 5.58 Å². The standard InChI is InChI=1S/C15H9Cl2NO2/c16-11-6-5-9(7-12(11)17)18-13-8-15(19)20-14-4-2-1-3-10(13)14/h1-8,18H. The maximum atomic E-state index is 11.6. The van der Waals surface area contributed by atoms with Crippen molar-refractivity contribution < 1.29 is 4.42 Å². The van der Waals surface area contributed by atoms with E-state index in [1.807, 2.05) is 18.2 Å². The average Bonchev–Trinajstić information content (AvgIpc) is 2.43. The van der Waals surface area contributed by atoms with Gasteiger partial charge in [-0.05, 0) is 30.3 Å². The van der Waals surface area contributed by atoms with Crippen molar-refractivity contribution in [3.8, 4) is 0 Å². The summed E-state index contributed by atoms with van der Waals surface area (Å²) >= 11 is 11.9. The number of hydrogen-bond acceptors (Lipinski definition) is 3. The molecule has 1 N–H and O–H groups in total. The van der Waals surface area contributed by atoms with Crippen LogP contribution in [0.1, 0.15) is 0 Å². The number of anilines is 2. The largest absolute Gasteiger partial charge is 0.423 e. The van der Waals surface area contributed by atoms with E-state index in [1.54, 1.807) is 24.3 Å². The number of halogens is 2. The van der Waals surface area contributed by atoms with Gasteiger partial charge in [-0.2, -0.15) is 0 Å². The number of benzene rings is 2. The molecule has 0 unspecified atom stereocenters. The van der Waals surface area contributed by atoms with Gasteiger partial charge >= 0.3 is 5.63 Å². The van der Waals surface area contributed by atoms with Crippen LogP contribution in [0.2, 0.25) is 10.0 Å². The summed E-state index contributed by atoms with van der Waals surface area (Å²) in [5.74, 6) is 0. The predicted octanol–water partition coefficient (Wildman–Crippen LogP) is 4.84. The molecule has 3 nitrogen and oxygen atoms in total. The van der Waals surface area contributed by atoms with Crippen LogP contribution in [-0.4, -0.2) is 0 Å². The Morgan fingerprint density at radius 3 is 2.55 bits per heavy atom. The third kappa shape index (κ3) is 2.50. The van der Waals surface area contributed by atoms with Gasteiger partial charge in [-0.15, -0.1) is 0 Å². The molecule has 0 fully saturated rings. The molecule has 1 aromatic heterocycles. The van der Waals surface area contributed by atoms with Crippen molar-refractivity contribution in [1.29, 1.82) is 0 Å². The van der Waals surface area contributed by atoms with Gasteiger partial charge in [0.05, 0.1) is 15.7 Å². The summed E-state index contributed by atoms with van der Waals surface area (Å²) in [4.78, 5) is 11.6. The smallest absolute Gasteiger partial charge is 0.338 e. The zero-order chi connectivity index (χ0) is 14.1. The van der Waals surface area contributed by atoms with Gasteiger partial charge in [0.25, 0.3) is 0 Å². The summed E-state index contributed by atoms with van der Waals surface area (Å²) in [7, 11) is 0. The van der Waals surface area contributed by atoms with Crippen LogP contribution < -0.4 is 10.9 Å². The highest BCUT2D eigenvalue weighted by atomic mass is 35.5. The molecule has 0 amide bonds. The van der Waals surface area contributed by atoms with Gasteiger partial charge < -0.3 is 9.73 Å². The van der Waals surface area contributed by atoms with Crippen molar-refractivity contribution in [3.63, 3.8) is 0 Å². The fourth-order valence-electron chi connectivity index (χ4n) is 1.94. The predicted molar refractivity (Wildman–Crippen MR) is 82.2 cm³/mol. The van der Waals surface area contributed by atoms with E-state index in [0.717, 1.165) is 11.1 Å². The summed E-state index contributed by atoms with van der Waals surface area (Å²) in [6.07, 6.45) is 0. The lowest BCUT2D eigenvalue weighted by Crippen LogP contribution is -2.01. The van der Waals surface area contributed by atoms with Crippen molar-refractivity contribution in [2.24, 2.45) is 0 Å². The third-order valence-corrected chi connectivity index (χ3v) is 3.59. The first kappa shape index (κ1) is 13.0. The Kier molecular flexibility index (Phi) is 3.38. The van der Waals surface area contributed by atoms with Crippen molar-refractivity contribution >= 4 is 45.5 Å². The van der Waals surface area contributed by atoms with E-state index in [0.29, 0.717) is 21.3 Å². The lowest BCUT2D eigenvalue weighted by molar-refractivity contribution is 0.561. The SMILES string of the molecule is O=c1cc(Nc2ccc(Cl)c(Cl)c2)c2ccccc2o1. The molecule has 0 bridgehead atoms. The Bertz CT molecular complexity index is 843. The number of para-hydroxylation sites is 1. The van der Waals surface area contributed by atoms with E-state index < -0.39 is 5.63 Å². The van der Waals surface area contributed by atoms with Crippen LogP contribution in [0.15, 0.2) is 57.7 Å². The molecule has 3 aromatic rings. The summed E-state index contributed by atoms with van der Waals surface area (Å²) in [6, 6.07) is 13.9. The highest BCUT2D eigenvalue weighted by molar-refractivity contribution is 6.42. The number of rotatable bonds is 2. The molecule has 0 saturated heterocycles. The Morgan fingerprint density at radius 2 is 1.75 bits per heavy atom. The van der Waals surface area contributed by atoms with E-state index >= 15 is 0 Å². The Hall–Kier alpha value is -1.97. The third-order valence-electron chi connectivity index (χ3n) is 2.85. The topological polar surface area (TPSA) is 42.2 Å². The van der Waals surface area contributed by atoms with E-state index in [-0.39, 0.29) is 0 Å². The fourth-order valence-corrected chi connectivity index (χ4v) is 2.24. The summed E-state index contributed by atoms with van der Waals surface area (Å²) < 4.78 is 5.14. The first-order chi connectivity index (χ1) is 9.63. The molecule has 0 radical (unpaired) electrons. The van der Waals surface area contributed by atoms with Crippen LogP contribution in [0, 0.1) is 0 Å². The second-order valence-electron chi connectivity index (χ2n) is 4.23. The minimum Gasteiger partial charge on any atom is -0.423 e. The average molecular weight is 306 g/mol. The Labute approximate surface area is 124 Å². The highest BCUT2D eigenvalue weighted by Gasteiger charge is 2.06. The van der Waals surface area contributed by atoms with Crippen LogP contribution in [-0.2, 0) is 0 Å². The molecule has 0 saturated carbocycles. The van der Waals surface area contributed by atoms with E-state index in [9.17, 15) is 4.79 Å². The highest BCUT2D eigenvalue weighted by Crippen LogP contribution is 2.29. The maximum absolute atomic E-state index is 11.6. The van der Waals surface area contributed by atoms with Crippen molar-refractivity contribution in [1.82, 2.24) is 0 Å². The number of nitrogens with one attached hydrogen (secondary N) is 1. The summed E-state index contributed by atoms with van der Waals surface area (Å²) in [5, 5.41) is 4.90. The number of hydrogen-bond donors (Lipinski definition) is 1. The molecule has 0 spiro atoms. The van der Waals surface area contributed by atoms with E-state index in [2.05, 4.69) is 5.32 Å². The minimum atomic E-state index is -0.411. The van der Waals surface area contributed by atoms with Crippen LogP contribution >= 0.6 is 23.2 Å². The molecular formula is C15H9Cl2NO2. The number of fused-ring (bicyclic) bond motifs is 1. The van der Waals surface area contributed by atoms with Crippen molar-refractivity contribution in [3.05, 3.63) is 69.0 Å². The second kappa shape index (κ2) is 5.19. The Morgan fingerprint density at radius 1 is 0.950 bits per heavy atom. The van der Waals surface area contributed by atoms with Gasteiger partial charge in [-0.3, -0.25) is 0 Å². The van der Waals surface area contributed by atoms with E-state index in [1.165, 1.54) is 6.07 Å². The molecule has 0 aliphatic heterocycles. The molecule has 0 aliphatic carbocycles. The van der Waals surface area contributed by atoms with Crippen molar-refractivity contribution in [2.75, 3.05) is 5.32 Å². The van der Waals surface area contributed by atoms with Gasteiger partial charge in [0, 0.05) is 17.1 Å². The van der Waals surface area contributed by atoms with Gasteiger partial charge in [-0.25, -0.2) is 4.79 Å². The van der Waals surface area contributed by atoms with Gasteiger partial charge in [0.2, 0.25) is 0 Å². The normalized spacial score (nSPS) is 10.7. The van der Waals surface area contributed by atoms with Gasteiger partial charge in [-0.1, -0.05) is 35.3 Å². The lowest BCUT2D eigenvalue weighted by Gasteiger charge is -2.09. The van der Waals surface area contributed by atoms with Crippen molar-refractivity contribution in [2.45, 2.75) is 0 Å². The molecule has 100 valence electrons. The molecule has 0 atom stereocenters. The maximum Gasteiger partial charge on any atom is 0.338 e. The molecule has 20 heavy (non-hydrogen) atoms. The van der Waals surface area contributed by atoms with Crippen LogP contribution in [0.25, 0.3) is 11.0 Å². The van der Waals surface area contributed by atoms with Crippen LogP contribution in [0.4, 0.5) is 11.4 Å². The molecular weight excluding hydrogens is 297 g/mol. The molecule has 5 heteroatoms. The van der Waals surface area contributed by atoms with E-state index in [4.69, 9.17) is 27.6 Å². The first-order valence-electron chi connectivity index (χ1n) is 5.88. The minimum absolute atomic E-state index is 0.411. The molecule has 1 heterocycles. The molecule has 3 rings (SSSR count). The van der Waals surface area contributed by atoms with Crippen LogP contribution in [0.5, 0.6) is 0 Å². The monoisotopic (exact) mass is 305 g/mol. The quantitative estimate of drug-likeness (QED) is 0.689. The van der Waals surface area contributed by atoms with Crippen LogP contribution in [0.3, 0.4) is 0 Å². The molecule has 2 aromatic carbocycles. The summed E-state index contributed by atoms with van der Waals surface area (Å²) in [5.41, 5.74) is 1.53. The second-order valence-corrected chi connectivity index (χ2v) is 5.04. The zero-order valence-corrected chi connectivity index (χ0v) is 11.7. The van der Waals surface area contributed by atoms with Gasteiger partial charge in [0.15, 0.2) is 0 Å². The first-order valence-corrected chi connectivity index (χ1v) is 6.64. The zero-order valence-electron chi connectivity index (χ0n) is 10.2. The fraction of sp³-hybridized carbons (Fsp3) is 0. The lowest BCUT2D eigenvalue weighted by atomic mass is 10.2. The summed E-state index contributed by atoms with van der Waals surface area (Å²) in [6.45, 7) is 0. The Balaban J connectivity index is 2.10. The molecule has 0 aliphatic rings.